The minimum Gasteiger partial charge on any atom is -0.491 e. The van der Waals surface area contributed by atoms with E-state index in [1.165, 1.54) is 16.9 Å². The largest absolute Gasteiger partial charge is 0.491 e. The third kappa shape index (κ3) is 5.01. The second-order valence-corrected chi connectivity index (χ2v) is 7.65. The number of carbonyl (C=O) groups is 1. The smallest absolute Gasteiger partial charge is 0.280 e. The Morgan fingerprint density at radius 2 is 1.94 bits per heavy atom. The van der Waals surface area contributed by atoms with Crippen molar-refractivity contribution >= 4 is 17.4 Å². The standard InChI is InChI=1S/C19H23F2N7O3/c1-10(2)8-31-17-15(18(20)21)19(30)27(26-16(17)11(3)4)7-14(29)23-12-5-6-13-24-22-9-28(13)25-12/h5-6,9-11,18H,7-8H2,1-4H3,(H,23,25,29). The number of hydrogen-bond donors (Lipinski definition) is 1. The van der Waals surface area contributed by atoms with E-state index in [1.54, 1.807) is 19.9 Å². The number of fused-ring (bicyclic) bond motifs is 1. The summed E-state index contributed by atoms with van der Waals surface area (Å²) >= 11 is 0. The van der Waals surface area contributed by atoms with Gasteiger partial charge >= 0.3 is 0 Å². The van der Waals surface area contributed by atoms with Crippen molar-refractivity contribution < 1.29 is 18.3 Å². The number of nitrogens with zero attached hydrogens (tertiary/aromatic N) is 6. The molecule has 0 radical (unpaired) electrons. The molecule has 166 valence electrons. The van der Waals surface area contributed by atoms with Crippen LogP contribution in [-0.2, 0) is 11.3 Å². The number of halogens is 2. The highest BCUT2D eigenvalue weighted by Gasteiger charge is 2.28. The van der Waals surface area contributed by atoms with Crippen molar-refractivity contribution in [2.45, 2.75) is 46.6 Å². The van der Waals surface area contributed by atoms with E-state index in [4.69, 9.17) is 4.74 Å². The Labute approximate surface area is 176 Å². The predicted molar refractivity (Wildman–Crippen MR) is 107 cm³/mol. The number of anilines is 1. The first kappa shape index (κ1) is 22.2. The van der Waals surface area contributed by atoms with E-state index in [0.717, 1.165) is 4.68 Å². The Morgan fingerprint density at radius 3 is 2.58 bits per heavy atom. The molecule has 3 heterocycles. The molecule has 0 unspecified atom stereocenters. The van der Waals surface area contributed by atoms with Gasteiger partial charge < -0.3 is 10.1 Å². The third-order valence-electron chi connectivity index (χ3n) is 4.22. The molecule has 1 amide bonds. The lowest BCUT2D eigenvalue weighted by Crippen LogP contribution is -2.34. The van der Waals surface area contributed by atoms with Gasteiger partial charge in [-0.25, -0.2) is 13.5 Å². The molecule has 0 fully saturated rings. The maximum Gasteiger partial charge on any atom is 0.280 e. The molecule has 3 rings (SSSR count). The molecule has 0 saturated heterocycles. The maximum absolute atomic E-state index is 13.8. The van der Waals surface area contributed by atoms with Crippen LogP contribution in [0.2, 0.25) is 0 Å². The van der Waals surface area contributed by atoms with Crippen LogP contribution in [0.25, 0.3) is 5.65 Å². The highest BCUT2D eigenvalue weighted by molar-refractivity contribution is 5.89. The molecule has 3 aromatic rings. The number of amides is 1. The first-order valence-electron chi connectivity index (χ1n) is 9.70. The number of hydrogen-bond acceptors (Lipinski definition) is 7. The first-order chi connectivity index (χ1) is 14.7. The Kier molecular flexibility index (Phi) is 6.56. The fourth-order valence-corrected chi connectivity index (χ4v) is 2.79. The molecule has 0 spiro atoms. The number of aromatic nitrogens is 6. The van der Waals surface area contributed by atoms with E-state index in [1.807, 2.05) is 13.8 Å². The van der Waals surface area contributed by atoms with Crippen LogP contribution in [0, 0.1) is 5.92 Å². The molecule has 12 heteroatoms. The fraction of sp³-hybridized carbons (Fsp3) is 0.474. The average Bonchev–Trinajstić information content (AvgIpc) is 3.15. The van der Waals surface area contributed by atoms with E-state index >= 15 is 0 Å². The highest BCUT2D eigenvalue weighted by Crippen LogP contribution is 2.32. The topological polar surface area (TPSA) is 116 Å². The normalized spacial score (nSPS) is 11.6. The Morgan fingerprint density at radius 1 is 1.19 bits per heavy atom. The summed E-state index contributed by atoms with van der Waals surface area (Å²) in [6, 6.07) is 3.10. The molecule has 10 nitrogen and oxygen atoms in total. The molecule has 0 saturated carbocycles. The zero-order chi connectivity index (χ0) is 22.7. The summed E-state index contributed by atoms with van der Waals surface area (Å²) in [5.74, 6) is -0.928. The fourth-order valence-electron chi connectivity index (χ4n) is 2.79. The molecule has 0 aliphatic heterocycles. The van der Waals surface area contributed by atoms with Crippen LogP contribution >= 0.6 is 0 Å². The number of ether oxygens (including phenoxy) is 1. The minimum absolute atomic E-state index is 0.0641. The van der Waals surface area contributed by atoms with Crippen LogP contribution < -0.4 is 15.6 Å². The quantitative estimate of drug-likeness (QED) is 0.578. The van der Waals surface area contributed by atoms with Gasteiger partial charge in [-0.2, -0.15) is 9.61 Å². The van der Waals surface area contributed by atoms with Gasteiger partial charge in [-0.15, -0.1) is 15.3 Å². The monoisotopic (exact) mass is 435 g/mol. The Hall–Kier alpha value is -3.44. The molecular weight excluding hydrogens is 412 g/mol. The molecule has 31 heavy (non-hydrogen) atoms. The molecule has 3 aromatic heterocycles. The Bertz CT molecular complexity index is 1140. The van der Waals surface area contributed by atoms with Gasteiger partial charge in [-0.05, 0) is 18.1 Å². The second-order valence-electron chi connectivity index (χ2n) is 7.65. The van der Waals surface area contributed by atoms with E-state index in [-0.39, 0.29) is 35.7 Å². The summed E-state index contributed by atoms with van der Waals surface area (Å²) in [6.07, 6.45) is -1.72. The average molecular weight is 435 g/mol. The SMILES string of the molecule is CC(C)COc1c(C(C)C)nn(CC(=O)Nc2ccc3nncn3n2)c(=O)c1C(F)F. The van der Waals surface area contributed by atoms with Crippen molar-refractivity contribution in [1.29, 1.82) is 0 Å². The molecule has 1 N–H and O–H groups in total. The maximum atomic E-state index is 13.8. The summed E-state index contributed by atoms with van der Waals surface area (Å²) in [4.78, 5) is 25.2. The van der Waals surface area contributed by atoms with Gasteiger partial charge in [0, 0.05) is 5.92 Å². The van der Waals surface area contributed by atoms with Crippen molar-refractivity contribution in [3.05, 3.63) is 40.1 Å². The van der Waals surface area contributed by atoms with Gasteiger partial charge in [0.1, 0.15) is 24.1 Å². The number of nitrogens with one attached hydrogen (secondary N) is 1. The van der Waals surface area contributed by atoms with Crippen molar-refractivity contribution in [3.8, 4) is 5.75 Å². The van der Waals surface area contributed by atoms with Crippen molar-refractivity contribution in [2.24, 2.45) is 5.92 Å². The summed E-state index contributed by atoms with van der Waals surface area (Å²) in [6.45, 7) is 6.80. The number of rotatable bonds is 8. The van der Waals surface area contributed by atoms with E-state index in [2.05, 4.69) is 25.7 Å². The van der Waals surface area contributed by atoms with Crippen LogP contribution in [0.4, 0.5) is 14.6 Å². The van der Waals surface area contributed by atoms with Crippen LogP contribution in [0.15, 0.2) is 23.3 Å². The lowest BCUT2D eigenvalue weighted by molar-refractivity contribution is -0.117. The van der Waals surface area contributed by atoms with Crippen LogP contribution in [0.1, 0.15) is 51.3 Å². The van der Waals surface area contributed by atoms with Crippen molar-refractivity contribution in [2.75, 3.05) is 11.9 Å². The summed E-state index contributed by atoms with van der Waals surface area (Å²) in [5, 5.41) is 18.3. The molecule has 0 aliphatic rings. The first-order valence-corrected chi connectivity index (χ1v) is 9.70. The van der Waals surface area contributed by atoms with Gasteiger partial charge in [-0.3, -0.25) is 9.59 Å². The summed E-state index contributed by atoms with van der Waals surface area (Å²) in [5.41, 5.74) is -1.20. The molecular formula is C19H23F2N7O3. The van der Waals surface area contributed by atoms with E-state index in [9.17, 15) is 18.4 Å². The van der Waals surface area contributed by atoms with Crippen molar-refractivity contribution in [3.63, 3.8) is 0 Å². The molecule has 0 aromatic carbocycles. The van der Waals surface area contributed by atoms with Crippen LogP contribution in [0.5, 0.6) is 5.75 Å². The summed E-state index contributed by atoms with van der Waals surface area (Å²) in [7, 11) is 0. The predicted octanol–water partition coefficient (Wildman–Crippen LogP) is 2.42. The Balaban J connectivity index is 1.92. The lowest BCUT2D eigenvalue weighted by atomic mass is 10.1. The van der Waals surface area contributed by atoms with Gasteiger partial charge in [0.2, 0.25) is 5.91 Å². The second kappa shape index (κ2) is 9.14. The zero-order valence-corrected chi connectivity index (χ0v) is 17.5. The number of alkyl halides is 2. The summed E-state index contributed by atoms with van der Waals surface area (Å²) < 4.78 is 35.2. The van der Waals surface area contributed by atoms with Gasteiger partial charge in [0.25, 0.3) is 12.0 Å². The van der Waals surface area contributed by atoms with Crippen LogP contribution in [-0.4, -0.2) is 42.1 Å². The van der Waals surface area contributed by atoms with E-state index < -0.39 is 30.0 Å². The number of carbonyl (C=O) groups excluding carboxylic acids is 1. The molecule has 0 aliphatic carbocycles. The van der Waals surface area contributed by atoms with Crippen molar-refractivity contribution in [1.82, 2.24) is 29.6 Å². The van der Waals surface area contributed by atoms with E-state index in [0.29, 0.717) is 5.65 Å². The minimum atomic E-state index is -3.08. The van der Waals surface area contributed by atoms with Gasteiger partial charge in [0.15, 0.2) is 17.2 Å². The molecule has 0 atom stereocenters. The zero-order valence-electron chi connectivity index (χ0n) is 17.5. The van der Waals surface area contributed by atoms with Gasteiger partial charge in [0.05, 0.1) is 6.61 Å². The third-order valence-corrected chi connectivity index (χ3v) is 4.22. The molecule has 0 bridgehead atoms. The highest BCUT2D eigenvalue weighted by atomic mass is 19.3. The van der Waals surface area contributed by atoms with Gasteiger partial charge in [-0.1, -0.05) is 27.7 Å². The lowest BCUT2D eigenvalue weighted by Gasteiger charge is -2.19. The van der Waals surface area contributed by atoms with Crippen LogP contribution in [0.3, 0.4) is 0 Å².